The molecule has 32 heavy (non-hydrogen) atoms. The number of rotatable bonds is 5. The van der Waals surface area contributed by atoms with Crippen molar-refractivity contribution in [2.75, 3.05) is 0 Å². The molecule has 3 N–H and O–H groups in total. The predicted octanol–water partition coefficient (Wildman–Crippen LogP) is 4.22. The summed E-state index contributed by atoms with van der Waals surface area (Å²) in [6.07, 6.45) is 0. The molecule has 0 aliphatic heterocycles. The smallest absolute Gasteiger partial charge is 0.328 e. The van der Waals surface area contributed by atoms with E-state index in [1.165, 1.54) is 43.5 Å². The van der Waals surface area contributed by atoms with Crippen LogP contribution in [0.3, 0.4) is 0 Å². The number of aromatic nitrogens is 1. The minimum Gasteiger partial charge on any atom is -0.505 e. The molecule has 1 heterocycles. The molecule has 3 rings (SSSR count). The molecule has 168 valence electrons. The van der Waals surface area contributed by atoms with E-state index in [4.69, 9.17) is 11.6 Å². The maximum atomic E-state index is 15.0. The zero-order chi connectivity index (χ0) is 24.0. The lowest BCUT2D eigenvalue weighted by Gasteiger charge is -2.23. The van der Waals surface area contributed by atoms with Gasteiger partial charge in [0, 0.05) is 21.7 Å². The van der Waals surface area contributed by atoms with Crippen LogP contribution in [0.5, 0.6) is 5.75 Å². The second kappa shape index (κ2) is 8.27. The molecular formula is C23H22ClFN2O5. The lowest BCUT2D eigenvalue weighted by Crippen LogP contribution is -2.50. The topological polar surface area (TPSA) is 109 Å². The third kappa shape index (κ3) is 3.93. The molecule has 0 spiro atoms. The normalized spacial score (nSPS) is 12.6. The number of amides is 1. The van der Waals surface area contributed by atoms with Crippen molar-refractivity contribution < 1.29 is 29.0 Å². The van der Waals surface area contributed by atoms with Crippen molar-refractivity contribution in [3.05, 3.63) is 64.1 Å². The number of carbonyl (C=O) groups is 3. The van der Waals surface area contributed by atoms with Gasteiger partial charge in [0.25, 0.3) is 5.91 Å². The first-order chi connectivity index (χ1) is 14.9. The number of halogens is 2. The Balaban J connectivity index is 2.21. The zero-order valence-corrected chi connectivity index (χ0v) is 18.6. The van der Waals surface area contributed by atoms with Gasteiger partial charge in [0.1, 0.15) is 5.54 Å². The number of carboxylic acid groups (broad SMARTS) is 1. The molecule has 3 aromatic rings. The van der Waals surface area contributed by atoms with Crippen LogP contribution >= 0.6 is 11.6 Å². The van der Waals surface area contributed by atoms with Crippen LogP contribution in [0.1, 0.15) is 48.3 Å². The Morgan fingerprint density at radius 1 is 1.12 bits per heavy atom. The zero-order valence-electron chi connectivity index (χ0n) is 17.9. The van der Waals surface area contributed by atoms with Crippen molar-refractivity contribution in [3.63, 3.8) is 0 Å². The second-order valence-corrected chi connectivity index (χ2v) is 8.52. The summed E-state index contributed by atoms with van der Waals surface area (Å²) in [4.78, 5) is 37.5. The van der Waals surface area contributed by atoms with Gasteiger partial charge in [0.2, 0.25) is 5.91 Å². The third-order valence-corrected chi connectivity index (χ3v) is 5.68. The number of hydrogen-bond donors (Lipinski definition) is 3. The van der Waals surface area contributed by atoms with Crippen LogP contribution in [0.4, 0.5) is 4.39 Å². The molecule has 0 aliphatic carbocycles. The number of benzene rings is 2. The van der Waals surface area contributed by atoms with Gasteiger partial charge in [0.15, 0.2) is 11.6 Å². The minimum absolute atomic E-state index is 0.0828. The van der Waals surface area contributed by atoms with Crippen molar-refractivity contribution in [2.45, 2.75) is 39.2 Å². The van der Waals surface area contributed by atoms with Crippen LogP contribution in [-0.4, -0.2) is 38.1 Å². The number of phenols is 1. The highest BCUT2D eigenvalue weighted by Crippen LogP contribution is 2.37. The second-order valence-electron chi connectivity index (χ2n) is 8.08. The molecule has 1 aromatic heterocycles. The number of carboxylic acids is 1. The molecular weight excluding hydrogens is 439 g/mol. The summed E-state index contributed by atoms with van der Waals surface area (Å²) in [5, 5.41) is 22.0. The van der Waals surface area contributed by atoms with E-state index in [2.05, 4.69) is 5.32 Å². The molecule has 0 fully saturated rings. The maximum absolute atomic E-state index is 15.0. The van der Waals surface area contributed by atoms with Gasteiger partial charge in [-0.15, -0.1) is 0 Å². The largest absolute Gasteiger partial charge is 0.505 e. The summed E-state index contributed by atoms with van der Waals surface area (Å²) in [5.41, 5.74) is -0.629. The first-order valence-electron chi connectivity index (χ1n) is 9.75. The van der Waals surface area contributed by atoms with Gasteiger partial charge < -0.3 is 15.5 Å². The summed E-state index contributed by atoms with van der Waals surface area (Å²) in [6, 6.07) is 8.67. The molecule has 9 heteroatoms. The van der Waals surface area contributed by atoms with E-state index in [1.807, 2.05) is 0 Å². The number of aromatic hydroxyl groups is 1. The van der Waals surface area contributed by atoms with Crippen LogP contribution in [0.15, 0.2) is 36.4 Å². The summed E-state index contributed by atoms with van der Waals surface area (Å²) in [7, 11) is 0. The molecule has 0 radical (unpaired) electrons. The Morgan fingerprint density at radius 3 is 2.28 bits per heavy atom. The van der Waals surface area contributed by atoms with E-state index in [9.17, 15) is 24.6 Å². The first-order valence-corrected chi connectivity index (χ1v) is 10.1. The Hall–Kier alpha value is -3.39. The molecule has 7 nitrogen and oxygen atoms in total. The first kappa shape index (κ1) is 23.3. The molecule has 0 unspecified atom stereocenters. The summed E-state index contributed by atoms with van der Waals surface area (Å²) >= 11 is 5.90. The van der Waals surface area contributed by atoms with Crippen LogP contribution < -0.4 is 5.32 Å². The Labute approximate surface area is 188 Å². The molecule has 2 aromatic carbocycles. The van der Waals surface area contributed by atoms with E-state index in [-0.39, 0.29) is 16.5 Å². The van der Waals surface area contributed by atoms with Gasteiger partial charge in [-0.05, 0) is 69.7 Å². The number of phenolic OH excluding ortho intramolecular Hbond substituents is 1. The van der Waals surface area contributed by atoms with Gasteiger partial charge in [-0.1, -0.05) is 11.6 Å². The van der Waals surface area contributed by atoms with Gasteiger partial charge in [-0.2, -0.15) is 0 Å². The van der Waals surface area contributed by atoms with E-state index in [0.29, 0.717) is 16.3 Å². The summed E-state index contributed by atoms with van der Waals surface area (Å²) < 4.78 is 16.3. The fourth-order valence-electron chi connectivity index (χ4n) is 3.59. The number of fused-ring (bicyclic) bond motifs is 1. The number of aliphatic carboxylic acids is 1. The van der Waals surface area contributed by atoms with Crippen molar-refractivity contribution in [2.24, 2.45) is 0 Å². The summed E-state index contributed by atoms with van der Waals surface area (Å²) in [6.45, 7) is 5.69. The molecule has 1 atom stereocenters. The van der Waals surface area contributed by atoms with Crippen LogP contribution in [0.25, 0.3) is 10.9 Å². The fraction of sp³-hybridized carbons (Fsp3) is 0.261. The summed E-state index contributed by atoms with van der Waals surface area (Å²) in [5.74, 6) is -5.00. The Morgan fingerprint density at radius 2 is 1.72 bits per heavy atom. The van der Waals surface area contributed by atoms with E-state index in [0.717, 1.165) is 6.07 Å². The minimum atomic E-state index is -1.56. The van der Waals surface area contributed by atoms with Crippen LogP contribution in [-0.2, 0) is 9.59 Å². The number of carbonyl (C=O) groups excluding carboxylic acids is 2. The van der Waals surface area contributed by atoms with Crippen molar-refractivity contribution in [1.29, 1.82) is 0 Å². The lowest BCUT2D eigenvalue weighted by molar-refractivity contribution is -0.146. The Kier molecular flexibility index (Phi) is 6.02. The highest BCUT2D eigenvalue weighted by molar-refractivity contribution is 6.30. The highest BCUT2D eigenvalue weighted by Gasteiger charge is 2.34. The average Bonchev–Trinajstić information content (AvgIpc) is 3.02. The average molecular weight is 461 g/mol. The predicted molar refractivity (Wildman–Crippen MR) is 118 cm³/mol. The number of nitrogens with one attached hydrogen (secondary N) is 1. The molecule has 0 aliphatic rings. The SMILES string of the molecule is Cc1c([C@@H](C)C(=O)NC(C)(C)C(=O)O)c2c(F)c(O)ccc2n1C(=O)c1ccc(Cl)cc1. The number of hydrogen-bond acceptors (Lipinski definition) is 4. The van der Waals surface area contributed by atoms with Crippen LogP contribution in [0.2, 0.25) is 5.02 Å². The van der Waals surface area contributed by atoms with Crippen LogP contribution in [0, 0.1) is 12.7 Å². The fourth-order valence-corrected chi connectivity index (χ4v) is 3.72. The molecule has 0 saturated heterocycles. The van der Waals surface area contributed by atoms with E-state index < -0.39 is 40.8 Å². The van der Waals surface area contributed by atoms with Crippen molar-refractivity contribution in [1.82, 2.24) is 9.88 Å². The Bertz CT molecular complexity index is 1250. The monoisotopic (exact) mass is 460 g/mol. The molecule has 0 saturated carbocycles. The van der Waals surface area contributed by atoms with Gasteiger partial charge in [-0.3, -0.25) is 14.2 Å². The standard InChI is InChI=1S/C23H22ClFN2O5/c1-11(20(29)26-23(3,4)22(31)32)17-12(2)27(15-9-10-16(28)19(25)18(15)17)21(30)13-5-7-14(24)8-6-13/h5-11,28H,1-4H3,(H,26,29)(H,31,32)/t11-/m1/s1. The molecule has 0 bridgehead atoms. The number of nitrogens with zero attached hydrogens (tertiary/aromatic N) is 1. The van der Waals surface area contributed by atoms with E-state index in [1.54, 1.807) is 19.1 Å². The maximum Gasteiger partial charge on any atom is 0.328 e. The highest BCUT2D eigenvalue weighted by atomic mass is 35.5. The van der Waals surface area contributed by atoms with Crippen molar-refractivity contribution >= 4 is 40.3 Å². The van der Waals surface area contributed by atoms with Gasteiger partial charge in [0.05, 0.1) is 11.4 Å². The van der Waals surface area contributed by atoms with Gasteiger partial charge >= 0.3 is 5.97 Å². The quantitative estimate of drug-likeness (QED) is 0.528. The van der Waals surface area contributed by atoms with E-state index >= 15 is 4.39 Å². The molecule has 1 amide bonds. The third-order valence-electron chi connectivity index (χ3n) is 5.43. The van der Waals surface area contributed by atoms with Gasteiger partial charge in [-0.25, -0.2) is 9.18 Å². The lowest BCUT2D eigenvalue weighted by atomic mass is 9.95. The van der Waals surface area contributed by atoms with Crippen molar-refractivity contribution in [3.8, 4) is 5.75 Å².